The average Bonchev–Trinajstić information content (AvgIpc) is 3.41. The number of hydrogen-bond donors (Lipinski definition) is 0. The second kappa shape index (κ2) is 7.38. The molecule has 154 valence electrons. The van der Waals surface area contributed by atoms with Crippen molar-refractivity contribution in [2.75, 3.05) is 24.7 Å². The fourth-order valence-electron chi connectivity index (χ4n) is 3.36. The van der Waals surface area contributed by atoms with Gasteiger partial charge in [-0.15, -0.1) is 0 Å². The molecule has 0 radical (unpaired) electrons. The van der Waals surface area contributed by atoms with Crippen molar-refractivity contribution in [2.24, 2.45) is 13.0 Å². The average molecular weight is 418 g/mol. The Hall–Kier alpha value is -2.52. The summed E-state index contributed by atoms with van der Waals surface area (Å²) >= 11 is 0. The van der Waals surface area contributed by atoms with E-state index < -0.39 is 15.8 Å². The number of aromatic nitrogens is 3. The van der Waals surface area contributed by atoms with Crippen LogP contribution in [0.4, 0.5) is 15.9 Å². The van der Waals surface area contributed by atoms with Crippen LogP contribution in [0.3, 0.4) is 0 Å². The number of halogens is 1. The van der Waals surface area contributed by atoms with Crippen molar-refractivity contribution in [3.63, 3.8) is 0 Å². The molecule has 0 atom stereocenters. The number of aryl methyl sites for hydroxylation is 1. The van der Waals surface area contributed by atoms with Crippen molar-refractivity contribution >= 4 is 32.6 Å². The van der Waals surface area contributed by atoms with E-state index in [1.54, 1.807) is 36.6 Å². The topological polar surface area (TPSA) is 71.3 Å². The molecule has 3 aromatic rings. The maximum Gasteiger partial charge on any atom is 0.211 e. The maximum atomic E-state index is 14.9. The summed E-state index contributed by atoms with van der Waals surface area (Å²) in [5.41, 5.74) is 2.68. The van der Waals surface area contributed by atoms with E-state index in [4.69, 9.17) is 0 Å². The summed E-state index contributed by atoms with van der Waals surface area (Å²) in [6.07, 6.45) is 6.68. The van der Waals surface area contributed by atoms with Crippen molar-refractivity contribution in [3.8, 4) is 0 Å². The number of fused-ring (bicyclic) bond motifs is 1. The summed E-state index contributed by atoms with van der Waals surface area (Å²) in [7, 11) is 0.303. The SMILES string of the molecule is CN(c1cc2c(cn1)ncn2C)c1ccc(CN(CC2CC2)S(C)(=O)=O)cc1F. The molecule has 1 aliphatic rings. The first-order chi connectivity index (χ1) is 13.7. The molecule has 29 heavy (non-hydrogen) atoms. The van der Waals surface area contributed by atoms with Gasteiger partial charge in [0.1, 0.15) is 17.2 Å². The molecule has 0 unspecified atom stereocenters. The lowest BCUT2D eigenvalue weighted by Gasteiger charge is -2.22. The number of rotatable bonds is 7. The van der Waals surface area contributed by atoms with Gasteiger partial charge in [-0.1, -0.05) is 6.07 Å². The van der Waals surface area contributed by atoms with Crippen LogP contribution in [-0.2, 0) is 23.6 Å². The van der Waals surface area contributed by atoms with E-state index in [1.807, 2.05) is 17.7 Å². The summed E-state index contributed by atoms with van der Waals surface area (Å²) < 4.78 is 42.3. The van der Waals surface area contributed by atoms with Gasteiger partial charge >= 0.3 is 0 Å². The largest absolute Gasteiger partial charge is 0.334 e. The third kappa shape index (κ3) is 4.25. The van der Waals surface area contributed by atoms with Gasteiger partial charge in [0.15, 0.2) is 0 Å². The van der Waals surface area contributed by atoms with Crippen molar-refractivity contribution in [1.29, 1.82) is 0 Å². The second-order valence-electron chi connectivity index (χ2n) is 7.73. The van der Waals surface area contributed by atoms with Crippen LogP contribution in [-0.4, -0.2) is 47.1 Å². The molecule has 4 rings (SSSR count). The molecule has 0 aliphatic heterocycles. The monoisotopic (exact) mass is 417 g/mol. The first kappa shape index (κ1) is 19.8. The molecule has 0 amide bonds. The molecule has 1 fully saturated rings. The Kier molecular flexibility index (Phi) is 5.04. The van der Waals surface area contributed by atoms with Crippen LogP contribution in [0.5, 0.6) is 0 Å². The molecule has 0 spiro atoms. The summed E-state index contributed by atoms with van der Waals surface area (Å²) in [6.45, 7) is 0.673. The Morgan fingerprint density at radius 1 is 1.24 bits per heavy atom. The predicted molar refractivity (Wildman–Crippen MR) is 111 cm³/mol. The smallest absolute Gasteiger partial charge is 0.211 e. The summed E-state index contributed by atoms with van der Waals surface area (Å²) in [4.78, 5) is 10.3. The number of anilines is 2. The standard InChI is InChI=1S/C20H24FN5O2S/c1-24-13-23-17-10-22-20(9-19(17)24)25(2)18-7-6-15(8-16(18)21)12-26(29(3,27)28)11-14-4-5-14/h6-10,13-14H,4-5,11-12H2,1-3H3. The number of nitrogens with zero attached hydrogens (tertiary/aromatic N) is 5. The zero-order valence-corrected chi connectivity index (χ0v) is 17.5. The Morgan fingerprint density at radius 2 is 2.00 bits per heavy atom. The zero-order chi connectivity index (χ0) is 20.8. The molecule has 0 saturated heterocycles. The molecule has 9 heteroatoms. The van der Waals surface area contributed by atoms with Gasteiger partial charge in [-0.25, -0.2) is 22.8 Å². The highest BCUT2D eigenvalue weighted by Gasteiger charge is 2.28. The van der Waals surface area contributed by atoms with Crippen molar-refractivity contribution in [2.45, 2.75) is 19.4 Å². The van der Waals surface area contributed by atoms with Gasteiger partial charge in [-0.3, -0.25) is 0 Å². The van der Waals surface area contributed by atoms with Crippen LogP contribution in [0.2, 0.25) is 0 Å². The van der Waals surface area contributed by atoms with E-state index in [9.17, 15) is 12.8 Å². The summed E-state index contributed by atoms with van der Waals surface area (Å²) in [5, 5.41) is 0. The lowest BCUT2D eigenvalue weighted by molar-refractivity contribution is 0.394. The summed E-state index contributed by atoms with van der Waals surface area (Å²) in [6, 6.07) is 6.69. The zero-order valence-electron chi connectivity index (χ0n) is 16.7. The van der Waals surface area contributed by atoms with Crippen molar-refractivity contribution in [3.05, 3.63) is 48.2 Å². The molecular weight excluding hydrogens is 393 g/mol. The highest BCUT2D eigenvalue weighted by atomic mass is 32.2. The molecule has 1 saturated carbocycles. The minimum Gasteiger partial charge on any atom is -0.334 e. The summed E-state index contributed by atoms with van der Waals surface area (Å²) in [5.74, 6) is 0.601. The van der Waals surface area contributed by atoms with Crippen LogP contribution >= 0.6 is 0 Å². The number of sulfonamides is 1. The van der Waals surface area contributed by atoms with Gasteiger partial charge in [0.25, 0.3) is 0 Å². The third-order valence-corrected chi connectivity index (χ3v) is 6.52. The van der Waals surface area contributed by atoms with Crippen LogP contribution < -0.4 is 4.90 Å². The molecule has 2 aromatic heterocycles. The lowest BCUT2D eigenvalue weighted by Crippen LogP contribution is -2.31. The van der Waals surface area contributed by atoms with Crippen LogP contribution in [0.15, 0.2) is 36.8 Å². The van der Waals surface area contributed by atoms with E-state index >= 15 is 0 Å². The molecular formula is C20H24FN5O2S. The highest BCUT2D eigenvalue weighted by Crippen LogP contribution is 2.32. The number of benzene rings is 1. The van der Waals surface area contributed by atoms with Gasteiger partial charge in [0.2, 0.25) is 10.0 Å². The normalized spacial score (nSPS) is 14.7. The highest BCUT2D eigenvalue weighted by molar-refractivity contribution is 7.88. The lowest BCUT2D eigenvalue weighted by atomic mass is 10.1. The molecule has 0 bridgehead atoms. The second-order valence-corrected chi connectivity index (χ2v) is 9.71. The van der Waals surface area contributed by atoms with Crippen LogP contribution in [0, 0.1) is 11.7 Å². The van der Waals surface area contributed by atoms with E-state index in [-0.39, 0.29) is 6.54 Å². The quantitative estimate of drug-likeness (QED) is 0.591. The van der Waals surface area contributed by atoms with E-state index in [0.717, 1.165) is 23.9 Å². The minimum absolute atomic E-state index is 0.176. The fourth-order valence-corrected chi connectivity index (χ4v) is 4.22. The van der Waals surface area contributed by atoms with Gasteiger partial charge in [0, 0.05) is 33.3 Å². The Bertz CT molecular complexity index is 1160. The van der Waals surface area contributed by atoms with Crippen LogP contribution in [0.1, 0.15) is 18.4 Å². The first-order valence-electron chi connectivity index (χ1n) is 9.47. The molecule has 1 aromatic carbocycles. The Balaban J connectivity index is 1.57. The van der Waals surface area contributed by atoms with Gasteiger partial charge in [-0.2, -0.15) is 4.31 Å². The number of imidazole rings is 1. The number of pyridine rings is 1. The Morgan fingerprint density at radius 3 is 2.66 bits per heavy atom. The van der Waals surface area contributed by atoms with Gasteiger partial charge < -0.3 is 9.47 Å². The minimum atomic E-state index is -3.34. The van der Waals surface area contributed by atoms with Crippen LogP contribution in [0.25, 0.3) is 11.0 Å². The number of hydrogen-bond acceptors (Lipinski definition) is 5. The van der Waals surface area contributed by atoms with E-state index in [1.165, 1.54) is 16.6 Å². The molecule has 7 nitrogen and oxygen atoms in total. The maximum absolute atomic E-state index is 14.9. The first-order valence-corrected chi connectivity index (χ1v) is 11.3. The Labute approximate surface area is 169 Å². The molecule has 1 aliphatic carbocycles. The molecule has 2 heterocycles. The predicted octanol–water partition coefficient (Wildman–Crippen LogP) is 3.05. The van der Waals surface area contributed by atoms with Crippen molar-refractivity contribution in [1.82, 2.24) is 18.8 Å². The third-order valence-electron chi connectivity index (χ3n) is 5.30. The van der Waals surface area contributed by atoms with Crippen molar-refractivity contribution < 1.29 is 12.8 Å². The van der Waals surface area contributed by atoms with E-state index in [2.05, 4.69) is 9.97 Å². The molecule has 0 N–H and O–H groups in total. The van der Waals surface area contributed by atoms with Gasteiger partial charge in [0.05, 0.1) is 30.0 Å². The van der Waals surface area contributed by atoms with Gasteiger partial charge in [-0.05, 0) is 36.5 Å². The fraction of sp³-hybridized carbons (Fsp3) is 0.400. The van der Waals surface area contributed by atoms with E-state index in [0.29, 0.717) is 29.5 Å².